The molecule has 1 aromatic heterocycles. The fourth-order valence-electron chi connectivity index (χ4n) is 2.48. The molecule has 3 N–H and O–H groups in total. The first-order valence-electron chi connectivity index (χ1n) is 6.90. The second-order valence-electron chi connectivity index (χ2n) is 5.31. The van der Waals surface area contributed by atoms with Crippen molar-refractivity contribution in [2.75, 3.05) is 19.6 Å². The van der Waals surface area contributed by atoms with Crippen LogP contribution in [0.25, 0.3) is 0 Å². The summed E-state index contributed by atoms with van der Waals surface area (Å²) in [6.45, 7) is 3.58. The predicted molar refractivity (Wildman–Crippen MR) is 80.1 cm³/mol. The lowest BCUT2D eigenvalue weighted by atomic mass is 10.0. The maximum atomic E-state index is 12.2. The van der Waals surface area contributed by atoms with Crippen molar-refractivity contribution in [3.05, 3.63) is 28.5 Å². The van der Waals surface area contributed by atoms with Gasteiger partial charge in [0.15, 0.2) is 0 Å². The van der Waals surface area contributed by atoms with E-state index in [1.807, 2.05) is 4.90 Å². The van der Waals surface area contributed by atoms with Crippen molar-refractivity contribution >= 4 is 23.4 Å². The fraction of sp³-hybridized carbons (Fsp3) is 0.500. The summed E-state index contributed by atoms with van der Waals surface area (Å²) in [5.74, 6) is -0.463. The monoisotopic (exact) mass is 310 g/mol. The van der Waals surface area contributed by atoms with Crippen LogP contribution < -0.4 is 11.1 Å². The van der Waals surface area contributed by atoms with Gasteiger partial charge in [-0.2, -0.15) is 0 Å². The highest BCUT2D eigenvalue weighted by atomic mass is 35.5. The molecule has 2 amide bonds. The van der Waals surface area contributed by atoms with Crippen molar-refractivity contribution in [1.82, 2.24) is 15.2 Å². The van der Waals surface area contributed by atoms with Crippen molar-refractivity contribution < 1.29 is 9.59 Å². The molecule has 1 saturated heterocycles. The van der Waals surface area contributed by atoms with Crippen LogP contribution in [0.3, 0.4) is 0 Å². The number of aromatic nitrogens is 1. The Bertz CT molecular complexity index is 522. The Labute approximate surface area is 128 Å². The van der Waals surface area contributed by atoms with E-state index in [-0.39, 0.29) is 24.4 Å². The minimum absolute atomic E-state index is 0.105. The number of halogens is 1. The molecule has 21 heavy (non-hydrogen) atoms. The summed E-state index contributed by atoms with van der Waals surface area (Å²) in [5, 5.41) is 3.31. The highest BCUT2D eigenvalue weighted by molar-refractivity contribution is 6.29. The number of hydrogen-bond acceptors (Lipinski definition) is 4. The van der Waals surface area contributed by atoms with Gasteiger partial charge in [-0.25, -0.2) is 4.98 Å². The molecule has 0 saturated carbocycles. The van der Waals surface area contributed by atoms with Gasteiger partial charge in [0.25, 0.3) is 5.91 Å². The van der Waals surface area contributed by atoms with Crippen LogP contribution in [0.15, 0.2) is 12.1 Å². The lowest BCUT2D eigenvalue weighted by Gasteiger charge is -2.31. The Hall–Kier alpha value is -1.66. The lowest BCUT2D eigenvalue weighted by Crippen LogP contribution is -2.46. The van der Waals surface area contributed by atoms with Gasteiger partial charge in [-0.05, 0) is 31.9 Å². The van der Waals surface area contributed by atoms with E-state index in [9.17, 15) is 9.59 Å². The zero-order valence-electron chi connectivity index (χ0n) is 11.9. The van der Waals surface area contributed by atoms with Gasteiger partial charge in [0.1, 0.15) is 5.15 Å². The smallest absolute Gasteiger partial charge is 0.251 e. The maximum Gasteiger partial charge on any atom is 0.251 e. The SMILES string of the molecule is Cc1cc(C(=O)NC2CCN(CC(N)=O)CC2)cc(Cl)n1. The molecule has 1 aliphatic heterocycles. The van der Waals surface area contributed by atoms with Gasteiger partial charge in [0.2, 0.25) is 5.91 Å². The summed E-state index contributed by atoms with van der Waals surface area (Å²) in [6, 6.07) is 3.38. The van der Waals surface area contributed by atoms with E-state index in [2.05, 4.69) is 10.3 Å². The van der Waals surface area contributed by atoms with E-state index in [0.29, 0.717) is 16.4 Å². The number of rotatable bonds is 4. The zero-order valence-corrected chi connectivity index (χ0v) is 12.7. The van der Waals surface area contributed by atoms with Gasteiger partial charge >= 0.3 is 0 Å². The van der Waals surface area contributed by atoms with Gasteiger partial charge < -0.3 is 11.1 Å². The minimum Gasteiger partial charge on any atom is -0.369 e. The number of hydrogen-bond donors (Lipinski definition) is 2. The number of carbonyl (C=O) groups is 2. The molecule has 2 rings (SSSR count). The van der Waals surface area contributed by atoms with Crippen LogP contribution in [0.4, 0.5) is 0 Å². The predicted octanol–water partition coefficient (Wildman–Crippen LogP) is 0.723. The van der Waals surface area contributed by atoms with E-state index in [0.717, 1.165) is 25.9 Å². The van der Waals surface area contributed by atoms with E-state index in [1.165, 1.54) is 0 Å². The molecular weight excluding hydrogens is 292 g/mol. The number of primary amides is 1. The Kier molecular flexibility index (Phi) is 5.14. The van der Waals surface area contributed by atoms with E-state index >= 15 is 0 Å². The number of likely N-dealkylation sites (tertiary alicyclic amines) is 1. The lowest BCUT2D eigenvalue weighted by molar-refractivity contribution is -0.119. The molecule has 0 aromatic carbocycles. The summed E-state index contributed by atoms with van der Waals surface area (Å²) in [4.78, 5) is 29.1. The molecule has 1 aliphatic rings. The molecule has 0 aliphatic carbocycles. The molecule has 6 nitrogen and oxygen atoms in total. The number of piperidine rings is 1. The van der Waals surface area contributed by atoms with Crippen molar-refractivity contribution in [3.8, 4) is 0 Å². The van der Waals surface area contributed by atoms with Gasteiger partial charge in [0, 0.05) is 30.4 Å². The molecule has 2 heterocycles. The van der Waals surface area contributed by atoms with Crippen LogP contribution in [-0.4, -0.2) is 47.4 Å². The second kappa shape index (κ2) is 6.87. The number of amides is 2. The van der Waals surface area contributed by atoms with Gasteiger partial charge in [-0.3, -0.25) is 14.5 Å². The standard InChI is InChI=1S/C14H19ClN4O2/c1-9-6-10(7-12(15)17-9)14(21)18-11-2-4-19(5-3-11)8-13(16)20/h6-7,11H,2-5,8H2,1H3,(H2,16,20)(H,18,21). The Morgan fingerprint density at radius 2 is 2.10 bits per heavy atom. The number of nitrogens with two attached hydrogens (primary N) is 1. The number of carbonyl (C=O) groups excluding carboxylic acids is 2. The molecular formula is C14H19ClN4O2. The van der Waals surface area contributed by atoms with Gasteiger partial charge in [0.05, 0.1) is 6.54 Å². The van der Waals surface area contributed by atoms with Crippen molar-refractivity contribution in [2.24, 2.45) is 5.73 Å². The molecule has 0 unspecified atom stereocenters. The second-order valence-corrected chi connectivity index (χ2v) is 5.70. The molecule has 1 fully saturated rings. The summed E-state index contributed by atoms with van der Waals surface area (Å²) in [6.07, 6.45) is 1.60. The molecule has 0 spiro atoms. The molecule has 0 bridgehead atoms. The Morgan fingerprint density at radius 1 is 1.43 bits per heavy atom. The normalized spacial score (nSPS) is 16.7. The minimum atomic E-state index is -0.320. The molecule has 0 radical (unpaired) electrons. The zero-order chi connectivity index (χ0) is 15.4. The molecule has 7 heteroatoms. The highest BCUT2D eigenvalue weighted by Crippen LogP contribution is 2.13. The average Bonchev–Trinajstić information content (AvgIpc) is 2.39. The van der Waals surface area contributed by atoms with Crippen LogP contribution in [0.1, 0.15) is 28.9 Å². The van der Waals surface area contributed by atoms with Gasteiger partial charge in [-0.15, -0.1) is 0 Å². The van der Waals surface area contributed by atoms with E-state index in [1.54, 1.807) is 19.1 Å². The summed E-state index contributed by atoms with van der Waals surface area (Å²) < 4.78 is 0. The van der Waals surface area contributed by atoms with Crippen molar-refractivity contribution in [3.63, 3.8) is 0 Å². The third kappa shape index (κ3) is 4.68. The van der Waals surface area contributed by atoms with E-state index < -0.39 is 0 Å². The Balaban J connectivity index is 1.88. The molecule has 0 atom stereocenters. The van der Waals surface area contributed by atoms with Crippen LogP contribution in [-0.2, 0) is 4.79 Å². The first kappa shape index (κ1) is 15.7. The average molecular weight is 311 g/mol. The quantitative estimate of drug-likeness (QED) is 0.802. The van der Waals surface area contributed by atoms with Crippen LogP contribution >= 0.6 is 11.6 Å². The number of nitrogens with one attached hydrogen (secondary N) is 1. The first-order valence-corrected chi connectivity index (χ1v) is 7.27. The van der Waals surface area contributed by atoms with Crippen LogP contribution in [0, 0.1) is 6.92 Å². The topological polar surface area (TPSA) is 88.3 Å². The van der Waals surface area contributed by atoms with Crippen LogP contribution in [0.2, 0.25) is 5.15 Å². The fourth-order valence-corrected chi connectivity index (χ4v) is 2.73. The summed E-state index contributed by atoms with van der Waals surface area (Å²) >= 11 is 5.86. The largest absolute Gasteiger partial charge is 0.369 e. The van der Waals surface area contributed by atoms with Crippen LogP contribution in [0.5, 0.6) is 0 Å². The summed E-state index contributed by atoms with van der Waals surface area (Å²) in [7, 11) is 0. The Morgan fingerprint density at radius 3 is 2.67 bits per heavy atom. The molecule has 114 valence electrons. The number of aryl methyl sites for hydroxylation is 1. The van der Waals surface area contributed by atoms with Gasteiger partial charge in [-0.1, -0.05) is 11.6 Å². The number of nitrogens with zero attached hydrogens (tertiary/aromatic N) is 2. The van der Waals surface area contributed by atoms with E-state index in [4.69, 9.17) is 17.3 Å². The third-order valence-electron chi connectivity index (χ3n) is 3.49. The van der Waals surface area contributed by atoms with Crippen molar-refractivity contribution in [2.45, 2.75) is 25.8 Å². The first-order chi connectivity index (χ1) is 9.94. The molecule has 1 aromatic rings. The maximum absolute atomic E-state index is 12.2. The third-order valence-corrected chi connectivity index (χ3v) is 3.68. The summed E-state index contributed by atoms with van der Waals surface area (Å²) in [5.41, 5.74) is 6.41. The van der Waals surface area contributed by atoms with Crippen molar-refractivity contribution in [1.29, 1.82) is 0 Å². The highest BCUT2D eigenvalue weighted by Gasteiger charge is 2.22. The number of pyridine rings is 1.